The van der Waals surface area contributed by atoms with Crippen LogP contribution in [0.2, 0.25) is 5.02 Å². The van der Waals surface area contributed by atoms with Crippen molar-refractivity contribution in [2.45, 2.75) is 0 Å². The molecule has 2 heterocycles. The monoisotopic (exact) mass is 442 g/mol. The molecular formula is C25H16ClFN4O. The first-order chi connectivity index (χ1) is 15.6. The number of carbonyl (C=O) groups excluding carboxylic acids is 1. The Balaban J connectivity index is 1.66. The van der Waals surface area contributed by atoms with Crippen LogP contribution in [0.15, 0.2) is 91.0 Å². The molecule has 2 aromatic heterocycles. The van der Waals surface area contributed by atoms with Crippen molar-refractivity contribution in [2.75, 3.05) is 5.32 Å². The molecule has 0 saturated carbocycles. The summed E-state index contributed by atoms with van der Waals surface area (Å²) in [5.74, 6) is -0.782. The zero-order chi connectivity index (χ0) is 22.1. The molecule has 7 heteroatoms. The molecule has 5 nitrogen and oxygen atoms in total. The molecule has 0 aliphatic carbocycles. The van der Waals surface area contributed by atoms with Crippen LogP contribution in [-0.2, 0) is 0 Å². The van der Waals surface area contributed by atoms with E-state index in [1.165, 1.54) is 28.8 Å². The number of nitrogens with one attached hydrogen (secondary N) is 1. The summed E-state index contributed by atoms with van der Waals surface area (Å²) in [5.41, 5.74) is 4.09. The average Bonchev–Trinajstić information content (AvgIpc) is 3.25. The van der Waals surface area contributed by atoms with E-state index in [9.17, 15) is 9.18 Å². The van der Waals surface area contributed by atoms with Crippen molar-refractivity contribution >= 4 is 28.8 Å². The first kappa shape index (κ1) is 19.9. The van der Waals surface area contributed by atoms with Crippen molar-refractivity contribution in [3.8, 4) is 22.5 Å². The van der Waals surface area contributed by atoms with Crippen LogP contribution in [0, 0.1) is 5.82 Å². The van der Waals surface area contributed by atoms with Gasteiger partial charge in [0.25, 0.3) is 5.91 Å². The molecule has 156 valence electrons. The molecule has 0 saturated heterocycles. The summed E-state index contributed by atoms with van der Waals surface area (Å²) >= 11 is 6.39. The molecule has 32 heavy (non-hydrogen) atoms. The predicted octanol–water partition coefficient (Wildman–Crippen LogP) is 6.11. The minimum absolute atomic E-state index is 0.274. The summed E-state index contributed by atoms with van der Waals surface area (Å²) in [5, 5.41) is 7.94. The Kier molecular flexibility index (Phi) is 5.13. The molecule has 3 aromatic carbocycles. The topological polar surface area (TPSA) is 59.3 Å². The number of amides is 1. The van der Waals surface area contributed by atoms with Gasteiger partial charge in [-0.3, -0.25) is 4.79 Å². The van der Waals surface area contributed by atoms with Gasteiger partial charge in [-0.15, -0.1) is 0 Å². The fourth-order valence-corrected chi connectivity index (χ4v) is 3.65. The summed E-state index contributed by atoms with van der Waals surface area (Å²) in [6, 6.07) is 26.0. The molecule has 5 rings (SSSR count). The second kappa shape index (κ2) is 8.24. The maximum atomic E-state index is 13.3. The van der Waals surface area contributed by atoms with Crippen LogP contribution >= 0.6 is 11.6 Å². The maximum absolute atomic E-state index is 13.3. The number of carbonyl (C=O) groups is 1. The lowest BCUT2D eigenvalue weighted by molar-refractivity contribution is 0.102. The largest absolute Gasteiger partial charge is 0.321 e. The Morgan fingerprint density at radius 2 is 1.59 bits per heavy atom. The van der Waals surface area contributed by atoms with Crippen LogP contribution in [0.1, 0.15) is 10.5 Å². The first-order valence-electron chi connectivity index (χ1n) is 9.86. The van der Waals surface area contributed by atoms with E-state index in [1.54, 1.807) is 12.1 Å². The van der Waals surface area contributed by atoms with E-state index in [1.807, 2.05) is 54.6 Å². The maximum Gasteiger partial charge on any atom is 0.274 e. The van der Waals surface area contributed by atoms with E-state index >= 15 is 0 Å². The van der Waals surface area contributed by atoms with Crippen LogP contribution in [0.3, 0.4) is 0 Å². The predicted molar refractivity (Wildman–Crippen MR) is 123 cm³/mol. The third-order valence-corrected chi connectivity index (χ3v) is 5.31. The average molecular weight is 443 g/mol. The Morgan fingerprint density at radius 1 is 0.875 bits per heavy atom. The van der Waals surface area contributed by atoms with Gasteiger partial charge in [0.05, 0.1) is 11.4 Å². The van der Waals surface area contributed by atoms with Gasteiger partial charge in [-0.2, -0.15) is 5.10 Å². The van der Waals surface area contributed by atoms with Crippen LogP contribution in [-0.4, -0.2) is 20.5 Å². The number of nitrogens with zero attached hydrogens (tertiary/aromatic N) is 3. The van der Waals surface area contributed by atoms with Crippen LogP contribution < -0.4 is 5.32 Å². The molecule has 0 aliphatic rings. The Bertz CT molecular complexity index is 1430. The van der Waals surface area contributed by atoms with E-state index in [0.29, 0.717) is 33.3 Å². The molecule has 0 atom stereocenters. The zero-order valence-corrected chi connectivity index (χ0v) is 17.4. The molecule has 1 N–H and O–H groups in total. The van der Waals surface area contributed by atoms with E-state index in [-0.39, 0.29) is 11.5 Å². The molecular weight excluding hydrogens is 427 g/mol. The fraction of sp³-hybridized carbons (Fsp3) is 0. The highest BCUT2D eigenvalue weighted by Gasteiger charge is 2.18. The van der Waals surface area contributed by atoms with Gasteiger partial charge < -0.3 is 5.32 Å². The number of halogens is 2. The zero-order valence-electron chi connectivity index (χ0n) is 16.7. The quantitative estimate of drug-likeness (QED) is 0.365. The van der Waals surface area contributed by atoms with Crippen LogP contribution in [0.5, 0.6) is 0 Å². The summed E-state index contributed by atoms with van der Waals surface area (Å²) in [6.45, 7) is 0. The Labute approximate surface area is 188 Å². The highest BCUT2D eigenvalue weighted by Crippen LogP contribution is 2.29. The molecule has 0 aliphatic heterocycles. The summed E-state index contributed by atoms with van der Waals surface area (Å²) in [6.07, 6.45) is 0. The van der Waals surface area contributed by atoms with E-state index in [2.05, 4.69) is 10.4 Å². The van der Waals surface area contributed by atoms with Gasteiger partial charge in [-0.1, -0.05) is 60.1 Å². The van der Waals surface area contributed by atoms with Gasteiger partial charge in [0, 0.05) is 27.9 Å². The van der Waals surface area contributed by atoms with Gasteiger partial charge in [0.2, 0.25) is 0 Å². The number of rotatable bonds is 4. The molecule has 0 spiro atoms. The molecule has 5 aromatic rings. The van der Waals surface area contributed by atoms with Gasteiger partial charge >= 0.3 is 0 Å². The second-order valence-corrected chi connectivity index (χ2v) is 7.54. The fourth-order valence-electron chi connectivity index (χ4n) is 3.42. The second-order valence-electron chi connectivity index (χ2n) is 7.13. The van der Waals surface area contributed by atoms with Gasteiger partial charge in [-0.05, 0) is 36.4 Å². The lowest BCUT2D eigenvalue weighted by Crippen LogP contribution is -2.17. The lowest BCUT2D eigenvalue weighted by Gasteiger charge is -2.10. The Morgan fingerprint density at radius 3 is 2.34 bits per heavy atom. The number of anilines is 1. The summed E-state index contributed by atoms with van der Waals surface area (Å²) in [7, 11) is 0. The number of aromatic nitrogens is 3. The normalized spacial score (nSPS) is 10.9. The van der Waals surface area contributed by atoms with Crippen molar-refractivity contribution in [1.29, 1.82) is 0 Å². The molecule has 0 bridgehead atoms. The highest BCUT2D eigenvalue weighted by atomic mass is 35.5. The van der Waals surface area contributed by atoms with Crippen molar-refractivity contribution in [2.24, 2.45) is 0 Å². The van der Waals surface area contributed by atoms with Gasteiger partial charge in [-0.25, -0.2) is 13.9 Å². The third-order valence-electron chi connectivity index (χ3n) is 4.98. The van der Waals surface area contributed by atoms with Crippen molar-refractivity contribution in [3.05, 3.63) is 108 Å². The van der Waals surface area contributed by atoms with E-state index in [4.69, 9.17) is 16.6 Å². The molecule has 0 unspecified atom stereocenters. The van der Waals surface area contributed by atoms with Crippen LogP contribution in [0.4, 0.5) is 10.1 Å². The van der Waals surface area contributed by atoms with Gasteiger partial charge in [0.1, 0.15) is 11.5 Å². The van der Waals surface area contributed by atoms with E-state index < -0.39 is 5.91 Å². The molecule has 0 fully saturated rings. The standard InChI is InChI=1S/C25H16ClFN4O/c26-20-9-5-4-8-19(20)22-14-23(25(32)28-18-12-10-17(27)11-13-18)31-24(29-22)15-21(30-31)16-6-2-1-3-7-16/h1-15H,(H,28,32). The third kappa shape index (κ3) is 3.84. The summed E-state index contributed by atoms with van der Waals surface area (Å²) < 4.78 is 14.8. The Hall–Kier alpha value is -4.03. The minimum atomic E-state index is -0.403. The minimum Gasteiger partial charge on any atom is -0.321 e. The smallest absolute Gasteiger partial charge is 0.274 e. The summed E-state index contributed by atoms with van der Waals surface area (Å²) in [4.78, 5) is 17.9. The SMILES string of the molecule is O=C(Nc1ccc(F)cc1)c1cc(-c2ccccc2Cl)nc2cc(-c3ccccc3)nn12. The van der Waals surface area contributed by atoms with Crippen molar-refractivity contribution < 1.29 is 9.18 Å². The number of fused-ring (bicyclic) bond motifs is 1. The molecule has 1 amide bonds. The highest BCUT2D eigenvalue weighted by molar-refractivity contribution is 6.33. The number of hydrogen-bond donors (Lipinski definition) is 1. The van der Waals surface area contributed by atoms with E-state index in [0.717, 1.165) is 5.56 Å². The van der Waals surface area contributed by atoms with Crippen molar-refractivity contribution in [1.82, 2.24) is 14.6 Å². The van der Waals surface area contributed by atoms with Crippen molar-refractivity contribution in [3.63, 3.8) is 0 Å². The van der Waals surface area contributed by atoms with Crippen LogP contribution in [0.25, 0.3) is 28.2 Å². The number of benzene rings is 3. The lowest BCUT2D eigenvalue weighted by atomic mass is 10.1. The first-order valence-corrected chi connectivity index (χ1v) is 10.2. The molecule has 0 radical (unpaired) electrons. The van der Waals surface area contributed by atoms with Gasteiger partial charge in [0.15, 0.2) is 5.65 Å². The number of hydrogen-bond acceptors (Lipinski definition) is 3.